The van der Waals surface area contributed by atoms with Crippen LogP contribution in [0, 0.1) is 18.8 Å². The van der Waals surface area contributed by atoms with Crippen molar-refractivity contribution in [2.45, 2.75) is 20.8 Å². The molecule has 1 unspecified atom stereocenters. The first-order chi connectivity index (χ1) is 7.95. The lowest BCUT2D eigenvalue weighted by atomic mass is 9.95. The first-order valence-corrected chi connectivity index (χ1v) is 6.10. The molecule has 0 radical (unpaired) electrons. The Morgan fingerprint density at radius 1 is 1.47 bits per heavy atom. The summed E-state index contributed by atoms with van der Waals surface area (Å²) in [6.07, 6.45) is 0. The summed E-state index contributed by atoms with van der Waals surface area (Å²) in [4.78, 5) is 12.0. The molecule has 1 aromatic carbocycles. The lowest BCUT2D eigenvalue weighted by molar-refractivity contribution is -0.120. The zero-order valence-corrected chi connectivity index (χ0v) is 11.2. The molecule has 0 saturated heterocycles. The van der Waals surface area contributed by atoms with E-state index in [1.54, 1.807) is 6.07 Å². The Morgan fingerprint density at radius 2 is 2.12 bits per heavy atom. The standard InChI is InChI=1S/C13H19ClN2O/c1-8(2)10(7-15)13(17)16-12-6-9(3)4-5-11(12)14/h4-6,8,10H,7,15H2,1-3H3,(H,16,17). The fourth-order valence-corrected chi connectivity index (χ4v) is 1.81. The highest BCUT2D eigenvalue weighted by atomic mass is 35.5. The number of aryl methyl sites for hydroxylation is 1. The molecule has 94 valence electrons. The lowest BCUT2D eigenvalue weighted by Crippen LogP contribution is -2.33. The molecule has 4 heteroatoms. The number of amides is 1. The maximum Gasteiger partial charge on any atom is 0.229 e. The topological polar surface area (TPSA) is 55.1 Å². The van der Waals surface area contributed by atoms with Gasteiger partial charge >= 0.3 is 0 Å². The monoisotopic (exact) mass is 254 g/mol. The maximum atomic E-state index is 12.0. The molecule has 0 aromatic heterocycles. The summed E-state index contributed by atoms with van der Waals surface area (Å²) < 4.78 is 0. The van der Waals surface area contributed by atoms with Crippen LogP contribution in [0.1, 0.15) is 19.4 Å². The van der Waals surface area contributed by atoms with Crippen molar-refractivity contribution in [1.29, 1.82) is 0 Å². The second-order valence-corrected chi connectivity index (χ2v) is 4.97. The van der Waals surface area contributed by atoms with Gasteiger partial charge in [0.15, 0.2) is 0 Å². The van der Waals surface area contributed by atoms with E-state index in [2.05, 4.69) is 5.32 Å². The van der Waals surface area contributed by atoms with Gasteiger partial charge in [0, 0.05) is 6.54 Å². The predicted molar refractivity (Wildman–Crippen MR) is 72.2 cm³/mol. The zero-order chi connectivity index (χ0) is 13.0. The molecule has 0 aliphatic rings. The lowest BCUT2D eigenvalue weighted by Gasteiger charge is -2.18. The third-order valence-corrected chi connectivity index (χ3v) is 3.10. The van der Waals surface area contributed by atoms with Gasteiger partial charge in [0.25, 0.3) is 0 Å². The highest BCUT2D eigenvalue weighted by Gasteiger charge is 2.21. The van der Waals surface area contributed by atoms with E-state index in [1.807, 2.05) is 32.9 Å². The fourth-order valence-electron chi connectivity index (χ4n) is 1.64. The molecule has 0 aliphatic carbocycles. The minimum absolute atomic E-state index is 0.0741. The summed E-state index contributed by atoms with van der Waals surface area (Å²) >= 11 is 6.02. The summed E-state index contributed by atoms with van der Waals surface area (Å²) in [6.45, 7) is 6.26. The maximum absolute atomic E-state index is 12.0. The average molecular weight is 255 g/mol. The van der Waals surface area contributed by atoms with E-state index >= 15 is 0 Å². The second kappa shape index (κ2) is 6.03. The van der Waals surface area contributed by atoms with Gasteiger partial charge in [-0.1, -0.05) is 31.5 Å². The first-order valence-electron chi connectivity index (χ1n) is 5.72. The number of nitrogens with one attached hydrogen (secondary N) is 1. The Balaban J connectivity index is 2.83. The predicted octanol–water partition coefficient (Wildman–Crippen LogP) is 2.82. The minimum Gasteiger partial charge on any atom is -0.330 e. The number of rotatable bonds is 4. The smallest absolute Gasteiger partial charge is 0.229 e. The van der Waals surface area contributed by atoms with E-state index in [1.165, 1.54) is 0 Å². The van der Waals surface area contributed by atoms with Crippen molar-refractivity contribution in [3.63, 3.8) is 0 Å². The van der Waals surface area contributed by atoms with Crippen LogP contribution >= 0.6 is 11.6 Å². The van der Waals surface area contributed by atoms with Gasteiger partial charge in [-0.05, 0) is 30.5 Å². The van der Waals surface area contributed by atoms with Gasteiger partial charge in [-0.3, -0.25) is 4.79 Å². The molecule has 1 rings (SSSR count). The number of nitrogens with two attached hydrogens (primary N) is 1. The Labute approximate surface area is 107 Å². The van der Waals surface area contributed by atoms with Crippen molar-refractivity contribution in [2.75, 3.05) is 11.9 Å². The van der Waals surface area contributed by atoms with Gasteiger partial charge in [0.2, 0.25) is 5.91 Å². The number of benzene rings is 1. The third kappa shape index (κ3) is 3.72. The van der Waals surface area contributed by atoms with Gasteiger partial charge in [-0.15, -0.1) is 0 Å². The van der Waals surface area contributed by atoms with E-state index in [-0.39, 0.29) is 17.7 Å². The second-order valence-electron chi connectivity index (χ2n) is 4.56. The van der Waals surface area contributed by atoms with E-state index in [4.69, 9.17) is 17.3 Å². The average Bonchev–Trinajstić information content (AvgIpc) is 2.24. The highest BCUT2D eigenvalue weighted by molar-refractivity contribution is 6.33. The molecule has 0 aliphatic heterocycles. The number of anilines is 1. The van der Waals surface area contributed by atoms with Crippen LogP contribution < -0.4 is 11.1 Å². The molecular formula is C13H19ClN2O. The molecule has 0 heterocycles. The quantitative estimate of drug-likeness (QED) is 0.868. The highest BCUT2D eigenvalue weighted by Crippen LogP contribution is 2.24. The fraction of sp³-hybridized carbons (Fsp3) is 0.462. The number of halogens is 1. The first kappa shape index (κ1) is 14.0. The Morgan fingerprint density at radius 3 is 2.65 bits per heavy atom. The van der Waals surface area contributed by atoms with Crippen molar-refractivity contribution in [2.24, 2.45) is 17.6 Å². The van der Waals surface area contributed by atoms with E-state index in [0.717, 1.165) is 5.56 Å². The van der Waals surface area contributed by atoms with Crippen molar-refractivity contribution >= 4 is 23.2 Å². The molecule has 1 aromatic rings. The summed E-state index contributed by atoms with van der Waals surface area (Å²) in [7, 11) is 0. The molecule has 1 atom stereocenters. The molecule has 1 amide bonds. The van der Waals surface area contributed by atoms with Gasteiger partial charge in [0.1, 0.15) is 0 Å². The van der Waals surface area contributed by atoms with Crippen molar-refractivity contribution in [3.05, 3.63) is 28.8 Å². The summed E-state index contributed by atoms with van der Waals surface area (Å²) in [5.41, 5.74) is 7.31. The van der Waals surface area contributed by atoms with Crippen molar-refractivity contribution in [3.8, 4) is 0 Å². The molecule has 3 N–H and O–H groups in total. The van der Waals surface area contributed by atoms with Crippen LogP contribution in [0.3, 0.4) is 0 Å². The van der Waals surface area contributed by atoms with Crippen molar-refractivity contribution < 1.29 is 4.79 Å². The number of carbonyl (C=O) groups is 1. The molecule has 17 heavy (non-hydrogen) atoms. The molecule has 3 nitrogen and oxygen atoms in total. The van der Waals surface area contributed by atoms with Gasteiger partial charge in [-0.2, -0.15) is 0 Å². The number of hydrogen-bond donors (Lipinski definition) is 2. The van der Waals surface area contributed by atoms with Crippen molar-refractivity contribution in [1.82, 2.24) is 0 Å². The molecule has 0 spiro atoms. The number of hydrogen-bond acceptors (Lipinski definition) is 2. The summed E-state index contributed by atoms with van der Waals surface area (Å²) in [5, 5.41) is 3.38. The van der Waals surface area contributed by atoms with E-state index in [0.29, 0.717) is 17.3 Å². The SMILES string of the molecule is Cc1ccc(Cl)c(NC(=O)C(CN)C(C)C)c1. The van der Waals surface area contributed by atoms with Crippen LogP contribution in [0.25, 0.3) is 0 Å². The normalized spacial score (nSPS) is 12.6. The third-order valence-electron chi connectivity index (χ3n) is 2.78. The summed E-state index contributed by atoms with van der Waals surface area (Å²) in [5.74, 6) is -0.0508. The Hall–Kier alpha value is -1.06. The molecule has 0 bridgehead atoms. The van der Waals surface area contributed by atoms with Gasteiger partial charge in [-0.25, -0.2) is 0 Å². The van der Waals surface area contributed by atoms with Crippen LogP contribution in [0.5, 0.6) is 0 Å². The largest absolute Gasteiger partial charge is 0.330 e. The minimum atomic E-state index is -0.188. The van der Waals surface area contributed by atoms with Crippen LogP contribution in [0.2, 0.25) is 5.02 Å². The molecule has 0 fully saturated rings. The Bertz CT molecular complexity index is 404. The van der Waals surface area contributed by atoms with Crippen LogP contribution in [-0.4, -0.2) is 12.5 Å². The van der Waals surface area contributed by atoms with Crippen LogP contribution in [-0.2, 0) is 4.79 Å². The van der Waals surface area contributed by atoms with Gasteiger partial charge in [0.05, 0.1) is 16.6 Å². The van der Waals surface area contributed by atoms with E-state index < -0.39 is 0 Å². The molecular weight excluding hydrogens is 236 g/mol. The molecule has 0 saturated carbocycles. The van der Waals surface area contributed by atoms with E-state index in [9.17, 15) is 4.79 Å². The zero-order valence-electron chi connectivity index (χ0n) is 10.5. The Kier molecular flexibility index (Phi) is 4.97. The number of carbonyl (C=O) groups excluding carboxylic acids is 1. The van der Waals surface area contributed by atoms with Gasteiger partial charge < -0.3 is 11.1 Å². The van der Waals surface area contributed by atoms with Crippen LogP contribution in [0.15, 0.2) is 18.2 Å². The summed E-state index contributed by atoms with van der Waals surface area (Å²) in [6, 6.07) is 5.54. The van der Waals surface area contributed by atoms with Crippen LogP contribution in [0.4, 0.5) is 5.69 Å².